The van der Waals surface area contributed by atoms with Crippen LogP contribution in [0.5, 0.6) is 0 Å². The lowest BCUT2D eigenvalue weighted by molar-refractivity contribution is 0.0577. The minimum absolute atomic E-state index is 0.381. The number of aliphatic hydroxyl groups is 1. The highest BCUT2D eigenvalue weighted by Crippen LogP contribution is 2.42. The van der Waals surface area contributed by atoms with Crippen LogP contribution >= 0.6 is 12.6 Å². The van der Waals surface area contributed by atoms with Crippen LogP contribution in [-0.4, -0.2) is 42.0 Å². The standard InChI is InChI=1S/C12H23NOS/c14-8-11-2-6-13(7-3-11)9-12(10-15)4-1-5-12/h11,14-15H,1-10H2. The quantitative estimate of drug-likeness (QED) is 0.718. The highest BCUT2D eigenvalue weighted by atomic mass is 32.1. The Kier molecular flexibility index (Phi) is 3.97. The topological polar surface area (TPSA) is 23.5 Å². The summed E-state index contributed by atoms with van der Waals surface area (Å²) in [7, 11) is 0. The molecule has 0 aromatic heterocycles. The molecular weight excluding hydrogens is 206 g/mol. The molecular formula is C12H23NOS. The fraction of sp³-hybridized carbons (Fsp3) is 1.00. The molecule has 0 bridgehead atoms. The van der Waals surface area contributed by atoms with Crippen LogP contribution in [0.3, 0.4) is 0 Å². The van der Waals surface area contributed by atoms with Crippen LogP contribution in [0.25, 0.3) is 0 Å². The van der Waals surface area contributed by atoms with Gasteiger partial charge >= 0.3 is 0 Å². The fourth-order valence-corrected chi connectivity index (χ4v) is 3.26. The van der Waals surface area contributed by atoms with E-state index in [1.54, 1.807) is 0 Å². The third kappa shape index (κ3) is 2.69. The second-order valence-corrected chi connectivity index (χ2v) is 5.73. The first-order valence-electron chi connectivity index (χ1n) is 6.22. The first-order chi connectivity index (χ1) is 7.28. The zero-order valence-electron chi connectivity index (χ0n) is 9.49. The van der Waals surface area contributed by atoms with Crippen molar-refractivity contribution in [2.75, 3.05) is 32.0 Å². The van der Waals surface area contributed by atoms with Crippen LogP contribution in [0.4, 0.5) is 0 Å². The number of piperidine rings is 1. The first-order valence-corrected chi connectivity index (χ1v) is 6.85. The van der Waals surface area contributed by atoms with E-state index in [-0.39, 0.29) is 0 Å². The monoisotopic (exact) mass is 229 g/mol. The highest BCUT2D eigenvalue weighted by Gasteiger charge is 2.37. The lowest BCUT2D eigenvalue weighted by Gasteiger charge is -2.45. The van der Waals surface area contributed by atoms with Gasteiger partial charge in [0.25, 0.3) is 0 Å². The van der Waals surface area contributed by atoms with E-state index < -0.39 is 0 Å². The molecule has 0 aromatic carbocycles. The first kappa shape index (κ1) is 11.7. The van der Waals surface area contributed by atoms with Gasteiger partial charge in [-0.2, -0.15) is 12.6 Å². The molecule has 2 rings (SSSR count). The number of thiol groups is 1. The van der Waals surface area contributed by atoms with Crippen molar-refractivity contribution in [3.8, 4) is 0 Å². The number of rotatable bonds is 4. The van der Waals surface area contributed by atoms with E-state index >= 15 is 0 Å². The van der Waals surface area contributed by atoms with Gasteiger partial charge in [-0.3, -0.25) is 0 Å². The van der Waals surface area contributed by atoms with E-state index in [9.17, 15) is 0 Å². The minimum Gasteiger partial charge on any atom is -0.396 e. The maximum Gasteiger partial charge on any atom is 0.0460 e. The minimum atomic E-state index is 0.381. The molecule has 0 radical (unpaired) electrons. The van der Waals surface area contributed by atoms with E-state index in [0.29, 0.717) is 17.9 Å². The molecule has 2 aliphatic rings. The molecule has 1 saturated heterocycles. The van der Waals surface area contributed by atoms with E-state index in [1.165, 1.54) is 51.7 Å². The van der Waals surface area contributed by atoms with Gasteiger partial charge in [-0.1, -0.05) is 6.42 Å². The van der Waals surface area contributed by atoms with Crippen LogP contribution in [0.15, 0.2) is 0 Å². The predicted octanol–water partition coefficient (Wildman–Crippen LogP) is 1.79. The molecule has 88 valence electrons. The molecule has 2 nitrogen and oxygen atoms in total. The van der Waals surface area contributed by atoms with E-state index in [2.05, 4.69) is 17.5 Å². The maximum absolute atomic E-state index is 9.08. The Labute approximate surface area is 98.5 Å². The average molecular weight is 229 g/mol. The normalized spacial score (nSPS) is 27.6. The second-order valence-electron chi connectivity index (χ2n) is 5.41. The van der Waals surface area contributed by atoms with Crippen molar-refractivity contribution in [3.05, 3.63) is 0 Å². The van der Waals surface area contributed by atoms with Crippen molar-refractivity contribution in [2.24, 2.45) is 11.3 Å². The van der Waals surface area contributed by atoms with Gasteiger partial charge in [-0.25, -0.2) is 0 Å². The Morgan fingerprint density at radius 2 is 1.93 bits per heavy atom. The zero-order valence-corrected chi connectivity index (χ0v) is 10.4. The largest absolute Gasteiger partial charge is 0.396 e. The fourth-order valence-electron chi connectivity index (χ4n) is 2.84. The van der Waals surface area contributed by atoms with Gasteiger partial charge in [0.1, 0.15) is 0 Å². The van der Waals surface area contributed by atoms with Crippen LogP contribution in [0.2, 0.25) is 0 Å². The Morgan fingerprint density at radius 3 is 2.33 bits per heavy atom. The van der Waals surface area contributed by atoms with Crippen molar-refractivity contribution in [1.82, 2.24) is 4.90 Å². The summed E-state index contributed by atoms with van der Waals surface area (Å²) in [5.41, 5.74) is 0.537. The Bertz CT molecular complexity index is 192. The maximum atomic E-state index is 9.08. The molecule has 0 atom stereocenters. The molecule has 3 heteroatoms. The van der Waals surface area contributed by atoms with Crippen molar-refractivity contribution in [1.29, 1.82) is 0 Å². The van der Waals surface area contributed by atoms with Crippen LogP contribution < -0.4 is 0 Å². The smallest absolute Gasteiger partial charge is 0.0460 e. The summed E-state index contributed by atoms with van der Waals surface area (Å²) in [4.78, 5) is 2.58. The van der Waals surface area contributed by atoms with Gasteiger partial charge in [-0.15, -0.1) is 0 Å². The molecule has 1 aliphatic carbocycles. The molecule has 0 aromatic rings. The van der Waals surface area contributed by atoms with Crippen LogP contribution in [0.1, 0.15) is 32.1 Å². The third-order valence-corrected chi connectivity index (χ3v) is 4.94. The molecule has 0 amide bonds. The Hall–Kier alpha value is 0.270. The summed E-state index contributed by atoms with van der Waals surface area (Å²) in [6.45, 7) is 3.99. The Balaban J connectivity index is 1.76. The van der Waals surface area contributed by atoms with E-state index in [1.807, 2.05) is 0 Å². The highest BCUT2D eigenvalue weighted by molar-refractivity contribution is 7.80. The van der Waals surface area contributed by atoms with E-state index in [4.69, 9.17) is 5.11 Å². The summed E-state index contributed by atoms with van der Waals surface area (Å²) < 4.78 is 0. The van der Waals surface area contributed by atoms with Crippen molar-refractivity contribution < 1.29 is 5.11 Å². The third-order valence-electron chi connectivity index (χ3n) is 4.27. The van der Waals surface area contributed by atoms with Gasteiger partial charge in [0, 0.05) is 13.2 Å². The van der Waals surface area contributed by atoms with Crippen molar-refractivity contribution in [2.45, 2.75) is 32.1 Å². The van der Waals surface area contributed by atoms with Gasteiger partial charge in [0.2, 0.25) is 0 Å². The van der Waals surface area contributed by atoms with E-state index in [0.717, 1.165) is 5.75 Å². The van der Waals surface area contributed by atoms with Gasteiger partial charge < -0.3 is 10.0 Å². The number of nitrogens with zero attached hydrogens (tertiary/aromatic N) is 1. The Morgan fingerprint density at radius 1 is 1.27 bits per heavy atom. The number of aliphatic hydroxyl groups excluding tert-OH is 1. The summed E-state index contributed by atoms with van der Waals surface area (Å²) in [5, 5.41) is 9.08. The predicted molar refractivity (Wildman–Crippen MR) is 66.4 cm³/mol. The molecule has 0 unspecified atom stereocenters. The summed E-state index contributed by atoms with van der Waals surface area (Å²) in [5.74, 6) is 1.61. The number of hydrogen-bond donors (Lipinski definition) is 2. The van der Waals surface area contributed by atoms with Gasteiger partial charge in [0.05, 0.1) is 0 Å². The van der Waals surface area contributed by atoms with Gasteiger partial charge in [-0.05, 0) is 55.9 Å². The summed E-state index contributed by atoms with van der Waals surface area (Å²) in [6, 6.07) is 0. The molecule has 2 fully saturated rings. The van der Waals surface area contributed by atoms with Crippen LogP contribution in [-0.2, 0) is 0 Å². The molecule has 15 heavy (non-hydrogen) atoms. The molecule has 1 aliphatic heterocycles. The SMILES string of the molecule is OCC1CCN(CC2(CS)CCC2)CC1. The summed E-state index contributed by atoms with van der Waals surface area (Å²) >= 11 is 4.50. The number of hydrogen-bond acceptors (Lipinski definition) is 3. The van der Waals surface area contributed by atoms with Gasteiger partial charge in [0.15, 0.2) is 0 Å². The molecule has 0 spiro atoms. The lowest BCUT2D eigenvalue weighted by atomic mass is 9.69. The van der Waals surface area contributed by atoms with Crippen molar-refractivity contribution in [3.63, 3.8) is 0 Å². The molecule has 1 saturated carbocycles. The lowest BCUT2D eigenvalue weighted by Crippen LogP contribution is -2.46. The number of likely N-dealkylation sites (tertiary alicyclic amines) is 1. The second kappa shape index (κ2) is 5.07. The van der Waals surface area contributed by atoms with Crippen LogP contribution in [0, 0.1) is 11.3 Å². The molecule has 1 N–H and O–H groups in total. The zero-order chi connectivity index (χ0) is 10.7. The summed E-state index contributed by atoms with van der Waals surface area (Å²) in [6.07, 6.45) is 6.50. The average Bonchev–Trinajstić information content (AvgIpc) is 2.24. The van der Waals surface area contributed by atoms with Crippen molar-refractivity contribution >= 4 is 12.6 Å². The molecule has 1 heterocycles.